The predicted molar refractivity (Wildman–Crippen MR) is 151 cm³/mol. The van der Waals surface area contributed by atoms with Crippen LogP contribution in [0.4, 0.5) is 15.9 Å². The molecule has 1 aromatic heterocycles. The van der Waals surface area contributed by atoms with Gasteiger partial charge in [-0.1, -0.05) is 0 Å². The van der Waals surface area contributed by atoms with E-state index in [1.165, 1.54) is 27.1 Å². The van der Waals surface area contributed by atoms with E-state index >= 15 is 0 Å². The number of fused-ring (bicyclic) bond motifs is 5. The minimum atomic E-state index is -0.175. The minimum absolute atomic E-state index is 0.0634. The number of carbonyl (C=O) groups excluding carboxylic acids is 2. The second-order valence-corrected chi connectivity index (χ2v) is 12.4. The van der Waals surface area contributed by atoms with Crippen LogP contribution in [0.2, 0.25) is 0 Å². The molecule has 37 heavy (non-hydrogen) atoms. The van der Waals surface area contributed by atoms with Crippen molar-refractivity contribution in [2.45, 2.75) is 19.3 Å². The van der Waals surface area contributed by atoms with Crippen LogP contribution >= 0.6 is 0 Å². The van der Waals surface area contributed by atoms with Gasteiger partial charge in [-0.2, -0.15) is 0 Å². The van der Waals surface area contributed by atoms with Crippen molar-refractivity contribution in [1.82, 2.24) is 0 Å². The molecule has 0 radical (unpaired) electrons. The third-order valence-electron chi connectivity index (χ3n) is 7.65. The zero-order valence-corrected chi connectivity index (χ0v) is 22.2. The maximum atomic E-state index is 13.5. The first kappa shape index (κ1) is 22.2. The van der Waals surface area contributed by atoms with Crippen LogP contribution in [0.15, 0.2) is 103 Å². The normalized spacial score (nSPS) is 16.7. The van der Waals surface area contributed by atoms with Crippen molar-refractivity contribution in [3.63, 3.8) is 0 Å². The van der Waals surface area contributed by atoms with Crippen LogP contribution < -0.4 is 4.90 Å². The van der Waals surface area contributed by atoms with E-state index in [1.54, 1.807) is 6.07 Å². The van der Waals surface area contributed by atoms with Gasteiger partial charge in [-0.05, 0) is 0 Å². The molecule has 4 heteroatoms. The van der Waals surface area contributed by atoms with Crippen LogP contribution in [0.5, 0.6) is 0 Å². The molecule has 0 spiro atoms. The topological polar surface area (TPSA) is 37.4 Å². The summed E-state index contributed by atoms with van der Waals surface area (Å²) in [5.74, 6) is -0.344. The molecule has 5 aromatic rings. The summed E-state index contributed by atoms with van der Waals surface area (Å²) in [6, 6.07) is 32.9. The summed E-state index contributed by atoms with van der Waals surface area (Å²) < 4.78 is 2.21. The Morgan fingerprint density at radius 2 is 1.35 bits per heavy atom. The Kier molecular flexibility index (Phi) is 4.81. The number of nitrogens with zero attached hydrogens (tertiary/aromatic N) is 1. The molecule has 0 saturated carbocycles. The van der Waals surface area contributed by atoms with Gasteiger partial charge in [0.15, 0.2) is 0 Å². The van der Waals surface area contributed by atoms with Crippen molar-refractivity contribution in [1.29, 1.82) is 0 Å². The number of anilines is 3. The summed E-state index contributed by atoms with van der Waals surface area (Å²) in [6.45, 7) is 4.56. The Morgan fingerprint density at radius 1 is 0.703 bits per heavy atom. The molecule has 1 aliphatic heterocycles. The van der Waals surface area contributed by atoms with Crippen LogP contribution in [-0.2, 0) is 5.41 Å². The summed E-state index contributed by atoms with van der Waals surface area (Å²) in [5, 5.41) is 1.82. The van der Waals surface area contributed by atoms with Gasteiger partial charge in [0.05, 0.1) is 0 Å². The van der Waals surface area contributed by atoms with Crippen LogP contribution in [-0.4, -0.2) is 26.1 Å². The number of benzene rings is 4. The Hall–Kier alpha value is -3.98. The first-order valence-corrected chi connectivity index (χ1v) is 14.1. The van der Waals surface area contributed by atoms with E-state index in [2.05, 4.69) is 79.4 Å². The molecule has 4 aromatic carbocycles. The fourth-order valence-electron chi connectivity index (χ4n) is 5.81. The Balaban J connectivity index is 1.33. The molecular weight excluding hydrogens is 521 g/mol. The van der Waals surface area contributed by atoms with Gasteiger partial charge in [-0.3, -0.25) is 0 Å². The fraction of sp³-hybridized carbons (Fsp3) is 0.0909. The van der Waals surface area contributed by atoms with Crippen LogP contribution in [0.3, 0.4) is 0 Å². The van der Waals surface area contributed by atoms with E-state index < -0.39 is 0 Å². The molecule has 3 nitrogen and oxygen atoms in total. The van der Waals surface area contributed by atoms with Gasteiger partial charge in [0, 0.05) is 0 Å². The van der Waals surface area contributed by atoms with E-state index in [4.69, 9.17) is 0 Å². The first-order valence-electron chi connectivity index (χ1n) is 12.4. The molecule has 0 saturated heterocycles. The van der Waals surface area contributed by atoms with Gasteiger partial charge in [0.2, 0.25) is 0 Å². The predicted octanol–water partition coefficient (Wildman–Crippen LogP) is 7.47. The van der Waals surface area contributed by atoms with E-state index in [0.717, 1.165) is 15.2 Å². The monoisotopic (exact) mass is 545 g/mol. The second kappa shape index (κ2) is 8.01. The number of para-hydroxylation sites is 2. The van der Waals surface area contributed by atoms with Crippen molar-refractivity contribution in [2.75, 3.05) is 4.90 Å². The molecule has 0 atom stereocenters. The molecule has 0 N–H and O–H groups in total. The van der Waals surface area contributed by atoms with Gasteiger partial charge in [-0.15, -0.1) is 0 Å². The summed E-state index contributed by atoms with van der Waals surface area (Å²) >= 11 is -0.0634. The summed E-state index contributed by atoms with van der Waals surface area (Å²) in [4.78, 5) is 29.1. The average Bonchev–Trinajstić information content (AvgIpc) is 3.47. The van der Waals surface area contributed by atoms with Gasteiger partial charge >= 0.3 is 222 Å². The van der Waals surface area contributed by atoms with Gasteiger partial charge in [-0.25, -0.2) is 0 Å². The van der Waals surface area contributed by atoms with Crippen LogP contribution in [0.1, 0.15) is 50.1 Å². The first-order chi connectivity index (χ1) is 17.9. The van der Waals surface area contributed by atoms with Crippen molar-refractivity contribution in [2.24, 2.45) is 0 Å². The van der Waals surface area contributed by atoms with Crippen molar-refractivity contribution in [3.05, 3.63) is 129 Å². The summed E-state index contributed by atoms with van der Waals surface area (Å²) in [5.41, 5.74) is 6.17. The standard InChI is InChI=1S/C33H23NO2Se/c1-33(2)25-11-5-7-13-27(25)34(28-14-8-6-12-26(28)33)29-18-16-21(37-29)19-24-31(35)23-17-15-20-9-3-4-10-22(20)30(23)32(24)36/h3-19H,1-2H3/b24-19+. The summed E-state index contributed by atoms with van der Waals surface area (Å²) in [6.07, 6.45) is 1.83. The SMILES string of the molecule is CC1(C)c2ccccc2N(c2ccc(/C=C3\C(=O)c4ccc5ccccc5c4C3=O)[se]2)c2ccccc21. The third kappa shape index (κ3) is 3.20. The molecule has 7 rings (SSSR count). The average molecular weight is 545 g/mol. The fourth-order valence-corrected chi connectivity index (χ4v) is 7.86. The number of hydrogen-bond donors (Lipinski definition) is 0. The van der Waals surface area contributed by atoms with Crippen molar-refractivity contribution >= 4 is 58.9 Å². The van der Waals surface area contributed by atoms with Gasteiger partial charge in [0.1, 0.15) is 0 Å². The molecule has 0 fully saturated rings. The van der Waals surface area contributed by atoms with Gasteiger partial charge < -0.3 is 0 Å². The number of carbonyl (C=O) groups is 2. The third-order valence-corrected chi connectivity index (χ3v) is 9.78. The Morgan fingerprint density at radius 3 is 2.08 bits per heavy atom. The van der Waals surface area contributed by atoms with Crippen molar-refractivity contribution < 1.29 is 9.59 Å². The second-order valence-electron chi connectivity index (χ2n) is 10.1. The van der Waals surface area contributed by atoms with Gasteiger partial charge in [0.25, 0.3) is 0 Å². The maximum absolute atomic E-state index is 13.5. The molecule has 178 valence electrons. The quantitative estimate of drug-likeness (QED) is 0.131. The van der Waals surface area contributed by atoms with E-state index in [0.29, 0.717) is 11.1 Å². The zero-order valence-electron chi connectivity index (χ0n) is 20.5. The van der Waals surface area contributed by atoms with Crippen LogP contribution in [0.25, 0.3) is 16.8 Å². The number of ketones is 2. The Labute approximate surface area is 221 Å². The van der Waals surface area contributed by atoms with Crippen LogP contribution in [0, 0.1) is 0 Å². The van der Waals surface area contributed by atoms with E-state index in [-0.39, 0.29) is 37.1 Å². The molecule has 2 heterocycles. The number of allylic oxidation sites excluding steroid dienone is 1. The molecular formula is C33H23NO2Se. The summed E-state index contributed by atoms with van der Waals surface area (Å²) in [7, 11) is 0. The molecule has 2 aliphatic rings. The molecule has 0 unspecified atom stereocenters. The Bertz CT molecular complexity index is 1760. The molecule has 0 bridgehead atoms. The molecule has 0 amide bonds. The van der Waals surface area contributed by atoms with Crippen molar-refractivity contribution in [3.8, 4) is 0 Å². The number of hydrogen-bond acceptors (Lipinski definition) is 3. The van der Waals surface area contributed by atoms with E-state index in [9.17, 15) is 9.59 Å². The number of rotatable bonds is 2. The number of Topliss-reactive ketones (excluding diaryl/α,β-unsaturated/α-hetero) is 2. The zero-order chi connectivity index (χ0) is 25.3. The molecule has 1 aliphatic carbocycles. The van der Waals surface area contributed by atoms with E-state index in [1.807, 2.05) is 36.4 Å².